The maximum atomic E-state index is 11.9. The summed E-state index contributed by atoms with van der Waals surface area (Å²) < 4.78 is 4.90. The van der Waals surface area contributed by atoms with Crippen LogP contribution in [-0.2, 0) is 16.0 Å². The average Bonchev–Trinajstić information content (AvgIpc) is 2.67. The summed E-state index contributed by atoms with van der Waals surface area (Å²) in [6.07, 6.45) is 4.38. The highest BCUT2D eigenvalue weighted by Crippen LogP contribution is 2.25. The molecule has 126 valence electrons. The fraction of sp³-hybridized carbons (Fsp3) is 0.444. The summed E-state index contributed by atoms with van der Waals surface area (Å²) in [6, 6.07) is 7.72. The van der Waals surface area contributed by atoms with E-state index >= 15 is 0 Å². The highest BCUT2D eigenvalue weighted by molar-refractivity contribution is 5.73. The van der Waals surface area contributed by atoms with Crippen molar-refractivity contribution in [3.63, 3.8) is 0 Å². The highest BCUT2D eigenvalue weighted by atomic mass is 16.5. The Morgan fingerprint density at radius 2 is 2.25 bits per heavy atom. The summed E-state index contributed by atoms with van der Waals surface area (Å²) >= 11 is 0. The van der Waals surface area contributed by atoms with Gasteiger partial charge in [0.2, 0.25) is 0 Å². The van der Waals surface area contributed by atoms with Gasteiger partial charge in [-0.25, -0.2) is 9.97 Å². The number of carbonyl (C=O) groups excluding carboxylic acids is 1. The molecule has 0 bridgehead atoms. The lowest BCUT2D eigenvalue weighted by molar-refractivity contribution is -0.145. The molecule has 0 N–H and O–H groups in total. The van der Waals surface area contributed by atoms with Gasteiger partial charge in [0.25, 0.3) is 0 Å². The number of nitrogens with zero attached hydrogens (tertiary/aromatic N) is 4. The molecule has 3 heterocycles. The van der Waals surface area contributed by atoms with Crippen LogP contribution in [0.1, 0.15) is 25.5 Å². The quantitative estimate of drug-likeness (QED) is 0.804. The second-order valence-electron chi connectivity index (χ2n) is 5.92. The number of ether oxygens (including phenoxy) is 1. The van der Waals surface area contributed by atoms with Crippen molar-refractivity contribution in [2.75, 3.05) is 25.1 Å². The molecule has 0 aromatic carbocycles. The van der Waals surface area contributed by atoms with E-state index < -0.39 is 0 Å². The maximum absolute atomic E-state index is 11.9. The van der Waals surface area contributed by atoms with Gasteiger partial charge in [0.1, 0.15) is 11.5 Å². The average molecular weight is 326 g/mol. The van der Waals surface area contributed by atoms with E-state index in [1.54, 1.807) is 6.20 Å². The number of aryl methyl sites for hydroxylation is 1. The number of esters is 1. The van der Waals surface area contributed by atoms with Crippen LogP contribution in [0.2, 0.25) is 0 Å². The van der Waals surface area contributed by atoms with Crippen molar-refractivity contribution >= 4 is 11.8 Å². The Morgan fingerprint density at radius 1 is 1.38 bits per heavy atom. The number of pyridine rings is 1. The Balaban J connectivity index is 1.91. The predicted molar refractivity (Wildman–Crippen MR) is 91.6 cm³/mol. The molecule has 1 fully saturated rings. The third-order valence-electron chi connectivity index (χ3n) is 4.30. The maximum Gasteiger partial charge on any atom is 0.310 e. The number of piperidine rings is 1. The number of aromatic nitrogens is 3. The molecule has 0 radical (unpaired) electrons. The Labute approximate surface area is 141 Å². The van der Waals surface area contributed by atoms with Crippen molar-refractivity contribution in [2.24, 2.45) is 5.92 Å². The third-order valence-corrected chi connectivity index (χ3v) is 4.30. The molecule has 1 aliphatic heterocycles. The minimum atomic E-state index is -0.144. The molecule has 2 aromatic heterocycles. The standard InChI is InChI=1S/C18H22N4O2/c1-3-14-11-16(21-17(20-14)15-8-4-5-9-19-15)22-10-6-7-13(12-22)18(23)24-2/h4-5,8-9,11,13H,3,6-7,10,12H2,1-2H3/t13-/m1/s1. The van der Waals surface area contributed by atoms with Crippen molar-refractivity contribution in [1.29, 1.82) is 0 Å². The van der Waals surface area contributed by atoms with Crippen molar-refractivity contribution < 1.29 is 9.53 Å². The molecular formula is C18H22N4O2. The molecule has 6 nitrogen and oxygen atoms in total. The van der Waals surface area contributed by atoms with Gasteiger partial charge < -0.3 is 9.64 Å². The molecule has 2 aromatic rings. The zero-order chi connectivity index (χ0) is 16.9. The molecular weight excluding hydrogens is 304 g/mol. The van der Waals surface area contributed by atoms with Crippen LogP contribution in [0, 0.1) is 5.92 Å². The van der Waals surface area contributed by atoms with Gasteiger partial charge in [0, 0.05) is 31.0 Å². The van der Waals surface area contributed by atoms with Gasteiger partial charge in [-0.2, -0.15) is 0 Å². The number of hydrogen-bond acceptors (Lipinski definition) is 6. The van der Waals surface area contributed by atoms with Gasteiger partial charge in [-0.3, -0.25) is 9.78 Å². The molecule has 1 atom stereocenters. The Bertz CT molecular complexity index is 705. The van der Waals surface area contributed by atoms with Crippen LogP contribution >= 0.6 is 0 Å². The van der Waals surface area contributed by atoms with Crippen molar-refractivity contribution in [3.8, 4) is 11.5 Å². The van der Waals surface area contributed by atoms with E-state index in [4.69, 9.17) is 9.72 Å². The zero-order valence-corrected chi connectivity index (χ0v) is 14.1. The van der Waals surface area contributed by atoms with Gasteiger partial charge in [-0.15, -0.1) is 0 Å². The summed E-state index contributed by atoms with van der Waals surface area (Å²) in [7, 11) is 1.44. The van der Waals surface area contributed by atoms with E-state index in [0.29, 0.717) is 12.4 Å². The van der Waals surface area contributed by atoms with Crippen LogP contribution in [0.4, 0.5) is 5.82 Å². The smallest absolute Gasteiger partial charge is 0.310 e. The Hall–Kier alpha value is -2.50. The van der Waals surface area contributed by atoms with Crippen LogP contribution in [0.5, 0.6) is 0 Å². The molecule has 0 saturated carbocycles. The molecule has 0 amide bonds. The van der Waals surface area contributed by atoms with E-state index in [1.807, 2.05) is 24.3 Å². The number of methoxy groups -OCH3 is 1. The van der Waals surface area contributed by atoms with Crippen LogP contribution in [0.25, 0.3) is 11.5 Å². The monoisotopic (exact) mass is 326 g/mol. The van der Waals surface area contributed by atoms with E-state index in [2.05, 4.69) is 21.8 Å². The lowest BCUT2D eigenvalue weighted by Crippen LogP contribution is -2.39. The van der Waals surface area contributed by atoms with Crippen LogP contribution < -0.4 is 4.90 Å². The molecule has 6 heteroatoms. The molecule has 0 aliphatic carbocycles. The highest BCUT2D eigenvalue weighted by Gasteiger charge is 2.27. The topological polar surface area (TPSA) is 68.2 Å². The fourth-order valence-corrected chi connectivity index (χ4v) is 2.98. The van der Waals surface area contributed by atoms with Crippen molar-refractivity contribution in [1.82, 2.24) is 15.0 Å². The third kappa shape index (κ3) is 3.53. The molecule has 1 aliphatic rings. The SMILES string of the molecule is CCc1cc(N2CCC[C@@H](C(=O)OC)C2)nc(-c2ccccn2)n1. The summed E-state index contributed by atoms with van der Waals surface area (Å²) in [5, 5.41) is 0. The second kappa shape index (κ2) is 7.38. The number of rotatable bonds is 4. The van der Waals surface area contributed by atoms with E-state index in [-0.39, 0.29) is 11.9 Å². The molecule has 0 unspecified atom stereocenters. The van der Waals surface area contributed by atoms with Gasteiger partial charge in [-0.05, 0) is 31.4 Å². The van der Waals surface area contributed by atoms with Crippen LogP contribution in [0.15, 0.2) is 30.5 Å². The molecule has 0 spiro atoms. The molecule has 1 saturated heterocycles. The van der Waals surface area contributed by atoms with Crippen molar-refractivity contribution in [3.05, 3.63) is 36.2 Å². The summed E-state index contributed by atoms with van der Waals surface area (Å²) in [5.74, 6) is 1.25. The van der Waals surface area contributed by atoms with Gasteiger partial charge in [0.05, 0.1) is 13.0 Å². The lowest BCUT2D eigenvalue weighted by atomic mass is 9.98. The largest absolute Gasteiger partial charge is 0.469 e. The molecule has 24 heavy (non-hydrogen) atoms. The first-order valence-corrected chi connectivity index (χ1v) is 8.33. The lowest BCUT2D eigenvalue weighted by Gasteiger charge is -2.32. The number of anilines is 1. The second-order valence-corrected chi connectivity index (χ2v) is 5.92. The fourth-order valence-electron chi connectivity index (χ4n) is 2.98. The Kier molecular flexibility index (Phi) is 5.03. The summed E-state index contributed by atoms with van der Waals surface area (Å²) in [5.41, 5.74) is 1.73. The zero-order valence-electron chi connectivity index (χ0n) is 14.1. The van der Waals surface area contributed by atoms with Gasteiger partial charge in [0.15, 0.2) is 5.82 Å². The summed E-state index contributed by atoms with van der Waals surface area (Å²) in [4.78, 5) is 27.7. The molecule has 3 rings (SSSR count). The minimum absolute atomic E-state index is 0.0953. The van der Waals surface area contributed by atoms with Crippen molar-refractivity contribution in [2.45, 2.75) is 26.2 Å². The minimum Gasteiger partial charge on any atom is -0.469 e. The normalized spacial score (nSPS) is 17.6. The summed E-state index contributed by atoms with van der Waals surface area (Å²) in [6.45, 7) is 3.59. The van der Waals surface area contributed by atoms with Crippen LogP contribution in [0.3, 0.4) is 0 Å². The number of carbonyl (C=O) groups is 1. The van der Waals surface area contributed by atoms with E-state index in [0.717, 1.165) is 43.0 Å². The van der Waals surface area contributed by atoms with Gasteiger partial charge >= 0.3 is 5.97 Å². The van der Waals surface area contributed by atoms with Crippen LogP contribution in [-0.4, -0.2) is 41.1 Å². The van der Waals surface area contributed by atoms with E-state index in [9.17, 15) is 4.79 Å². The first-order chi connectivity index (χ1) is 11.7. The van der Waals surface area contributed by atoms with Gasteiger partial charge in [-0.1, -0.05) is 13.0 Å². The van der Waals surface area contributed by atoms with E-state index in [1.165, 1.54) is 7.11 Å². The first-order valence-electron chi connectivity index (χ1n) is 8.33. The predicted octanol–water partition coefficient (Wildman–Crippen LogP) is 2.49. The Morgan fingerprint density at radius 3 is 2.96 bits per heavy atom. The number of hydrogen-bond donors (Lipinski definition) is 0. The first kappa shape index (κ1) is 16.4.